The minimum atomic E-state index is -0.143. The Morgan fingerprint density at radius 1 is 0.909 bits per heavy atom. The molecule has 0 saturated carbocycles. The highest BCUT2D eigenvalue weighted by Gasteiger charge is 2.06. The van der Waals surface area contributed by atoms with Gasteiger partial charge in [0.2, 0.25) is 5.91 Å². The van der Waals surface area contributed by atoms with E-state index >= 15 is 0 Å². The number of carbonyl (C=O) groups is 2. The fourth-order valence-corrected chi connectivity index (χ4v) is 2.03. The Hall–Kier alpha value is -2.62. The quantitative estimate of drug-likeness (QED) is 0.890. The van der Waals surface area contributed by atoms with E-state index in [0.717, 1.165) is 17.7 Å². The van der Waals surface area contributed by atoms with Gasteiger partial charge in [0.05, 0.1) is 0 Å². The van der Waals surface area contributed by atoms with E-state index < -0.39 is 0 Å². The van der Waals surface area contributed by atoms with Crippen molar-refractivity contribution in [3.63, 3.8) is 0 Å². The fourth-order valence-electron chi connectivity index (χ4n) is 2.03. The molecule has 0 aliphatic heterocycles. The molecule has 0 radical (unpaired) electrons. The predicted molar refractivity (Wildman–Crippen MR) is 87.7 cm³/mol. The van der Waals surface area contributed by atoms with Gasteiger partial charge in [-0.25, -0.2) is 0 Å². The van der Waals surface area contributed by atoms with Gasteiger partial charge < -0.3 is 10.6 Å². The summed E-state index contributed by atoms with van der Waals surface area (Å²) in [5.74, 6) is -0.215. The first-order valence-electron chi connectivity index (χ1n) is 7.32. The van der Waals surface area contributed by atoms with Crippen molar-refractivity contribution in [3.8, 4) is 0 Å². The Balaban J connectivity index is 1.98. The zero-order valence-corrected chi connectivity index (χ0v) is 12.8. The molecule has 0 aromatic heterocycles. The molecule has 0 spiro atoms. The molecular weight excluding hydrogens is 276 g/mol. The van der Waals surface area contributed by atoms with E-state index in [0.29, 0.717) is 12.1 Å². The van der Waals surface area contributed by atoms with Gasteiger partial charge in [-0.05, 0) is 41.8 Å². The summed E-state index contributed by atoms with van der Waals surface area (Å²) in [6, 6.07) is 15.0. The average molecular weight is 296 g/mol. The van der Waals surface area contributed by atoms with Crippen molar-refractivity contribution in [2.75, 3.05) is 5.32 Å². The Morgan fingerprint density at radius 3 is 2.05 bits per heavy atom. The summed E-state index contributed by atoms with van der Waals surface area (Å²) in [6.07, 6.45) is 0.976. The molecule has 2 aromatic carbocycles. The Morgan fingerprint density at radius 2 is 1.50 bits per heavy atom. The van der Waals surface area contributed by atoms with Crippen molar-refractivity contribution < 1.29 is 9.59 Å². The van der Waals surface area contributed by atoms with Crippen LogP contribution in [0.4, 0.5) is 5.69 Å². The monoisotopic (exact) mass is 296 g/mol. The Kier molecular flexibility index (Phi) is 5.31. The van der Waals surface area contributed by atoms with E-state index in [9.17, 15) is 9.59 Å². The number of benzene rings is 2. The number of nitrogens with one attached hydrogen (secondary N) is 2. The number of hydrogen-bond acceptors (Lipinski definition) is 2. The molecule has 0 fully saturated rings. The summed E-state index contributed by atoms with van der Waals surface area (Å²) in [5, 5.41) is 5.59. The molecule has 114 valence electrons. The van der Waals surface area contributed by atoms with Crippen LogP contribution in [0.3, 0.4) is 0 Å². The average Bonchev–Trinajstić information content (AvgIpc) is 2.54. The van der Waals surface area contributed by atoms with Crippen molar-refractivity contribution >= 4 is 17.5 Å². The second kappa shape index (κ2) is 7.41. The highest BCUT2D eigenvalue weighted by Crippen LogP contribution is 2.12. The van der Waals surface area contributed by atoms with Gasteiger partial charge in [0.1, 0.15) is 0 Å². The highest BCUT2D eigenvalue weighted by molar-refractivity contribution is 6.04. The van der Waals surface area contributed by atoms with Crippen LogP contribution in [-0.2, 0) is 17.8 Å². The number of rotatable bonds is 5. The zero-order chi connectivity index (χ0) is 15.9. The lowest BCUT2D eigenvalue weighted by atomic mass is 10.1. The van der Waals surface area contributed by atoms with Gasteiger partial charge in [0.15, 0.2) is 0 Å². The van der Waals surface area contributed by atoms with E-state index in [4.69, 9.17) is 0 Å². The molecule has 2 aromatic rings. The molecule has 2 rings (SSSR count). The lowest BCUT2D eigenvalue weighted by Crippen LogP contribution is -2.19. The summed E-state index contributed by atoms with van der Waals surface area (Å²) in [4.78, 5) is 23.0. The molecule has 4 nitrogen and oxygen atoms in total. The highest BCUT2D eigenvalue weighted by atomic mass is 16.2. The predicted octanol–water partition coefficient (Wildman–Crippen LogP) is 3.14. The van der Waals surface area contributed by atoms with Crippen LogP contribution < -0.4 is 10.6 Å². The summed E-state index contributed by atoms with van der Waals surface area (Å²) >= 11 is 0. The van der Waals surface area contributed by atoms with Crippen molar-refractivity contribution in [2.45, 2.75) is 26.8 Å². The van der Waals surface area contributed by atoms with Crippen LogP contribution in [-0.4, -0.2) is 11.8 Å². The normalized spacial score (nSPS) is 10.1. The van der Waals surface area contributed by atoms with E-state index in [2.05, 4.69) is 17.6 Å². The standard InChI is InChI=1S/C18H20N2O2/c1-3-14-6-10-17(11-7-14)20-18(22)16-8-4-15(5-9-16)12-19-13(2)21/h4-11H,3,12H2,1-2H3,(H,19,21)(H,20,22). The molecule has 0 atom stereocenters. The second-order valence-corrected chi connectivity index (χ2v) is 5.11. The third-order valence-corrected chi connectivity index (χ3v) is 3.38. The number of carbonyl (C=O) groups excluding carboxylic acids is 2. The number of anilines is 1. The van der Waals surface area contributed by atoms with Crippen molar-refractivity contribution in [2.24, 2.45) is 0 Å². The van der Waals surface area contributed by atoms with E-state index in [1.54, 1.807) is 12.1 Å². The van der Waals surface area contributed by atoms with Gasteiger partial charge in [0, 0.05) is 24.7 Å². The van der Waals surface area contributed by atoms with Crippen LogP contribution in [0.25, 0.3) is 0 Å². The maximum absolute atomic E-state index is 12.2. The van der Waals surface area contributed by atoms with Gasteiger partial charge in [-0.3, -0.25) is 9.59 Å². The Labute approximate surface area is 130 Å². The Bertz CT molecular complexity index is 646. The fraction of sp³-hybridized carbons (Fsp3) is 0.222. The molecular formula is C18H20N2O2. The smallest absolute Gasteiger partial charge is 0.255 e. The van der Waals surface area contributed by atoms with Gasteiger partial charge in [-0.15, -0.1) is 0 Å². The van der Waals surface area contributed by atoms with Crippen LogP contribution >= 0.6 is 0 Å². The van der Waals surface area contributed by atoms with E-state index in [-0.39, 0.29) is 11.8 Å². The molecule has 0 unspecified atom stereocenters. The molecule has 0 saturated heterocycles. The summed E-state index contributed by atoms with van der Waals surface area (Å²) in [6.45, 7) is 4.04. The molecule has 4 heteroatoms. The van der Waals surface area contributed by atoms with Crippen molar-refractivity contribution in [1.29, 1.82) is 0 Å². The second-order valence-electron chi connectivity index (χ2n) is 5.11. The first kappa shape index (κ1) is 15.8. The minimum Gasteiger partial charge on any atom is -0.352 e. The third kappa shape index (κ3) is 4.45. The van der Waals surface area contributed by atoms with Crippen LogP contribution in [0, 0.1) is 0 Å². The lowest BCUT2D eigenvalue weighted by Gasteiger charge is -2.07. The molecule has 0 aliphatic rings. The zero-order valence-electron chi connectivity index (χ0n) is 12.8. The number of amides is 2. The molecule has 22 heavy (non-hydrogen) atoms. The van der Waals surface area contributed by atoms with Crippen LogP contribution in [0.2, 0.25) is 0 Å². The SMILES string of the molecule is CCc1ccc(NC(=O)c2ccc(CNC(C)=O)cc2)cc1. The molecule has 2 N–H and O–H groups in total. The maximum atomic E-state index is 12.2. The lowest BCUT2D eigenvalue weighted by molar-refractivity contribution is -0.119. The first-order chi connectivity index (χ1) is 10.6. The first-order valence-corrected chi connectivity index (χ1v) is 7.32. The molecule has 0 bridgehead atoms. The largest absolute Gasteiger partial charge is 0.352 e. The molecule has 2 amide bonds. The molecule has 0 heterocycles. The molecule has 0 aliphatic carbocycles. The summed E-state index contributed by atoms with van der Waals surface area (Å²) < 4.78 is 0. The van der Waals surface area contributed by atoms with Crippen LogP contribution in [0.5, 0.6) is 0 Å². The van der Waals surface area contributed by atoms with Gasteiger partial charge in [-0.2, -0.15) is 0 Å². The van der Waals surface area contributed by atoms with E-state index in [1.807, 2.05) is 36.4 Å². The van der Waals surface area contributed by atoms with Crippen LogP contribution in [0.15, 0.2) is 48.5 Å². The third-order valence-electron chi connectivity index (χ3n) is 3.38. The van der Waals surface area contributed by atoms with Crippen LogP contribution in [0.1, 0.15) is 35.3 Å². The number of aryl methyl sites for hydroxylation is 1. The van der Waals surface area contributed by atoms with E-state index in [1.165, 1.54) is 12.5 Å². The van der Waals surface area contributed by atoms with Gasteiger partial charge >= 0.3 is 0 Å². The van der Waals surface area contributed by atoms with Gasteiger partial charge in [-0.1, -0.05) is 31.2 Å². The summed E-state index contributed by atoms with van der Waals surface area (Å²) in [5.41, 5.74) is 3.56. The van der Waals surface area contributed by atoms with Crippen molar-refractivity contribution in [3.05, 3.63) is 65.2 Å². The summed E-state index contributed by atoms with van der Waals surface area (Å²) in [7, 11) is 0. The van der Waals surface area contributed by atoms with Crippen molar-refractivity contribution in [1.82, 2.24) is 5.32 Å². The minimum absolute atomic E-state index is 0.0719. The topological polar surface area (TPSA) is 58.2 Å². The maximum Gasteiger partial charge on any atom is 0.255 e. The van der Waals surface area contributed by atoms with Gasteiger partial charge in [0.25, 0.3) is 5.91 Å². The number of hydrogen-bond donors (Lipinski definition) is 2.